The summed E-state index contributed by atoms with van der Waals surface area (Å²) in [7, 11) is 2.03. The first-order chi connectivity index (χ1) is 15.6. The van der Waals surface area contributed by atoms with E-state index in [9.17, 15) is 4.39 Å². The second-order valence-electron chi connectivity index (χ2n) is 7.60. The number of aryl methyl sites for hydroxylation is 1. The predicted molar refractivity (Wildman–Crippen MR) is 120 cm³/mol. The van der Waals surface area contributed by atoms with Gasteiger partial charge in [0.25, 0.3) is 0 Å². The number of halogens is 1. The maximum absolute atomic E-state index is 13.1. The normalized spacial score (nSPS) is 11.2. The number of aromatic nitrogens is 4. The van der Waals surface area contributed by atoms with Crippen LogP contribution in [0, 0.1) is 5.82 Å². The Morgan fingerprint density at radius 3 is 2.56 bits per heavy atom. The van der Waals surface area contributed by atoms with E-state index in [1.165, 1.54) is 12.1 Å². The number of nitrogens with zero attached hydrogens (tertiary/aromatic N) is 4. The molecule has 0 aliphatic heterocycles. The van der Waals surface area contributed by atoms with Crippen LogP contribution in [0.2, 0.25) is 0 Å². The summed E-state index contributed by atoms with van der Waals surface area (Å²) in [5.74, 6) is 1.72. The van der Waals surface area contributed by atoms with E-state index in [0.29, 0.717) is 24.9 Å². The van der Waals surface area contributed by atoms with E-state index >= 15 is 0 Å². The van der Waals surface area contributed by atoms with Gasteiger partial charge in [0.05, 0.1) is 18.8 Å². The topological polar surface area (TPSA) is 80.1 Å². The molecule has 32 heavy (non-hydrogen) atoms. The lowest BCUT2D eigenvalue weighted by atomic mass is 10.1. The van der Waals surface area contributed by atoms with Crippen LogP contribution in [0.15, 0.2) is 59.1 Å². The Kier molecular flexibility index (Phi) is 6.91. The van der Waals surface area contributed by atoms with Crippen LogP contribution in [-0.4, -0.2) is 45.4 Å². The average molecular weight is 436 g/mol. The number of nitrogens with one attached hydrogen (secondary N) is 1. The lowest BCUT2D eigenvalue weighted by molar-refractivity contribution is 0.264. The molecule has 0 radical (unpaired) electrons. The van der Waals surface area contributed by atoms with E-state index in [4.69, 9.17) is 9.26 Å². The Balaban J connectivity index is 1.25. The fourth-order valence-electron chi connectivity index (χ4n) is 3.41. The van der Waals surface area contributed by atoms with Crippen molar-refractivity contribution in [3.63, 3.8) is 0 Å². The Morgan fingerprint density at radius 1 is 1.06 bits per heavy atom. The Labute approximate surface area is 186 Å². The Hall–Kier alpha value is -3.52. The van der Waals surface area contributed by atoms with Gasteiger partial charge in [-0.3, -0.25) is 10.00 Å². The van der Waals surface area contributed by atoms with Gasteiger partial charge in [0.15, 0.2) is 0 Å². The predicted octanol–water partition coefficient (Wildman–Crippen LogP) is 4.73. The van der Waals surface area contributed by atoms with Crippen LogP contribution in [0.1, 0.15) is 24.9 Å². The molecular weight excluding hydrogens is 409 g/mol. The summed E-state index contributed by atoms with van der Waals surface area (Å²) in [5, 5.41) is 11.5. The summed E-state index contributed by atoms with van der Waals surface area (Å²) < 4.78 is 24.0. The van der Waals surface area contributed by atoms with Crippen LogP contribution in [-0.2, 0) is 13.0 Å². The molecule has 0 bridgehead atoms. The second kappa shape index (κ2) is 10.2. The molecule has 166 valence electrons. The van der Waals surface area contributed by atoms with Crippen molar-refractivity contribution in [1.29, 1.82) is 0 Å². The van der Waals surface area contributed by atoms with E-state index in [1.807, 2.05) is 44.3 Å². The number of ether oxygens (including phenoxy) is 1. The van der Waals surface area contributed by atoms with Crippen LogP contribution in [0.3, 0.4) is 0 Å². The summed E-state index contributed by atoms with van der Waals surface area (Å²) >= 11 is 0. The highest BCUT2D eigenvalue weighted by atomic mass is 19.1. The zero-order chi connectivity index (χ0) is 22.3. The van der Waals surface area contributed by atoms with Gasteiger partial charge in [-0.25, -0.2) is 4.39 Å². The third-order valence-corrected chi connectivity index (χ3v) is 5.05. The molecule has 4 aromatic rings. The minimum atomic E-state index is -0.250. The summed E-state index contributed by atoms with van der Waals surface area (Å²) in [6, 6.07) is 16.0. The zero-order valence-electron chi connectivity index (χ0n) is 18.2. The van der Waals surface area contributed by atoms with Crippen molar-refractivity contribution in [3.8, 4) is 28.4 Å². The van der Waals surface area contributed by atoms with Crippen LogP contribution >= 0.6 is 0 Å². The molecule has 7 nitrogen and oxygen atoms in total. The molecule has 2 heterocycles. The molecule has 0 saturated heterocycles. The Morgan fingerprint density at radius 2 is 1.81 bits per heavy atom. The highest BCUT2D eigenvalue weighted by Crippen LogP contribution is 2.21. The van der Waals surface area contributed by atoms with E-state index in [1.54, 1.807) is 12.1 Å². The van der Waals surface area contributed by atoms with Gasteiger partial charge in [-0.15, -0.1) is 0 Å². The molecule has 4 rings (SSSR count). The van der Waals surface area contributed by atoms with Gasteiger partial charge >= 0.3 is 0 Å². The van der Waals surface area contributed by atoms with Crippen LogP contribution in [0.25, 0.3) is 22.6 Å². The SMILES string of the molecule is CCOc1ccc(-c2noc(CN(C)CCCc3cc(-c4ccc(F)cc4)n[nH]3)n2)cc1. The number of benzene rings is 2. The molecule has 0 aliphatic carbocycles. The molecule has 2 aromatic carbocycles. The molecule has 0 unspecified atom stereocenters. The van der Waals surface area contributed by atoms with Crippen molar-refractivity contribution in [1.82, 2.24) is 25.2 Å². The minimum absolute atomic E-state index is 0.250. The molecule has 0 saturated carbocycles. The van der Waals surface area contributed by atoms with Crippen molar-refractivity contribution in [2.45, 2.75) is 26.3 Å². The number of aromatic amines is 1. The maximum Gasteiger partial charge on any atom is 0.241 e. The first-order valence-electron chi connectivity index (χ1n) is 10.7. The first kappa shape index (κ1) is 21.7. The quantitative estimate of drug-likeness (QED) is 0.388. The number of hydrogen-bond acceptors (Lipinski definition) is 6. The molecule has 1 N–H and O–H groups in total. The van der Waals surface area contributed by atoms with Gasteiger partial charge in [0.1, 0.15) is 11.6 Å². The van der Waals surface area contributed by atoms with Gasteiger partial charge < -0.3 is 9.26 Å². The number of rotatable bonds is 10. The molecular formula is C24H26FN5O2. The van der Waals surface area contributed by atoms with Crippen molar-refractivity contribution in [2.24, 2.45) is 0 Å². The van der Waals surface area contributed by atoms with Crippen molar-refractivity contribution in [3.05, 3.63) is 72.0 Å². The summed E-state index contributed by atoms with van der Waals surface area (Å²) in [4.78, 5) is 6.65. The van der Waals surface area contributed by atoms with Crippen molar-refractivity contribution < 1.29 is 13.7 Å². The van der Waals surface area contributed by atoms with Gasteiger partial charge in [0, 0.05) is 16.8 Å². The van der Waals surface area contributed by atoms with Gasteiger partial charge in [-0.05, 0) is 88.0 Å². The minimum Gasteiger partial charge on any atom is -0.494 e. The largest absolute Gasteiger partial charge is 0.494 e. The number of hydrogen-bond donors (Lipinski definition) is 1. The third kappa shape index (κ3) is 5.59. The summed E-state index contributed by atoms with van der Waals surface area (Å²) in [5.41, 5.74) is 3.65. The fourth-order valence-corrected chi connectivity index (χ4v) is 3.41. The standard InChI is InChI=1S/C24H26FN5O2/c1-3-31-21-12-8-18(9-13-21)24-26-23(32-29-24)16-30(2)14-4-5-20-15-22(28-27-20)17-6-10-19(25)11-7-17/h6-13,15H,3-5,14,16H2,1-2H3,(H,27,28). The molecule has 0 fully saturated rings. The monoisotopic (exact) mass is 435 g/mol. The average Bonchev–Trinajstić information content (AvgIpc) is 3.45. The zero-order valence-corrected chi connectivity index (χ0v) is 18.2. The molecule has 0 atom stereocenters. The van der Waals surface area contributed by atoms with Crippen LogP contribution < -0.4 is 4.74 Å². The van der Waals surface area contributed by atoms with E-state index in [-0.39, 0.29) is 5.82 Å². The van der Waals surface area contributed by atoms with Crippen LogP contribution in [0.5, 0.6) is 5.75 Å². The van der Waals surface area contributed by atoms with Gasteiger partial charge in [-0.1, -0.05) is 5.16 Å². The maximum atomic E-state index is 13.1. The molecule has 2 aromatic heterocycles. The van der Waals surface area contributed by atoms with E-state index in [2.05, 4.69) is 25.2 Å². The second-order valence-corrected chi connectivity index (χ2v) is 7.60. The molecule has 0 spiro atoms. The summed E-state index contributed by atoms with van der Waals surface area (Å²) in [6.07, 6.45) is 1.81. The molecule has 0 aliphatic rings. The van der Waals surface area contributed by atoms with E-state index < -0.39 is 0 Å². The first-order valence-corrected chi connectivity index (χ1v) is 10.7. The van der Waals surface area contributed by atoms with Crippen molar-refractivity contribution >= 4 is 0 Å². The van der Waals surface area contributed by atoms with E-state index in [0.717, 1.165) is 47.7 Å². The van der Waals surface area contributed by atoms with Gasteiger partial charge in [0.2, 0.25) is 11.7 Å². The lowest BCUT2D eigenvalue weighted by Crippen LogP contribution is -2.19. The molecule has 0 amide bonds. The smallest absolute Gasteiger partial charge is 0.241 e. The lowest BCUT2D eigenvalue weighted by Gasteiger charge is -2.13. The fraction of sp³-hybridized carbons (Fsp3) is 0.292. The van der Waals surface area contributed by atoms with Crippen LogP contribution in [0.4, 0.5) is 4.39 Å². The third-order valence-electron chi connectivity index (χ3n) is 5.05. The molecule has 8 heteroatoms. The highest BCUT2D eigenvalue weighted by Gasteiger charge is 2.11. The summed E-state index contributed by atoms with van der Waals surface area (Å²) in [6.45, 7) is 4.03. The number of H-pyrrole nitrogens is 1. The van der Waals surface area contributed by atoms with Crippen molar-refractivity contribution in [2.75, 3.05) is 20.2 Å². The highest BCUT2D eigenvalue weighted by molar-refractivity contribution is 5.59. The van der Waals surface area contributed by atoms with Gasteiger partial charge in [-0.2, -0.15) is 10.1 Å². The Bertz CT molecular complexity index is 1120.